The fraction of sp³-hybridized carbons (Fsp3) is 0.647. The van der Waals surface area contributed by atoms with Gasteiger partial charge in [0.15, 0.2) is 0 Å². The summed E-state index contributed by atoms with van der Waals surface area (Å²) in [5.41, 5.74) is 3.64. The van der Waals surface area contributed by atoms with Crippen molar-refractivity contribution in [3.63, 3.8) is 0 Å². The molecule has 0 unspecified atom stereocenters. The summed E-state index contributed by atoms with van der Waals surface area (Å²) in [7, 11) is 4.37. The van der Waals surface area contributed by atoms with E-state index in [0.29, 0.717) is 5.92 Å². The molecule has 0 aliphatic rings. The fourth-order valence-corrected chi connectivity index (χ4v) is 2.84. The van der Waals surface area contributed by atoms with Crippen molar-refractivity contribution in [3.8, 4) is 0 Å². The molecule has 0 amide bonds. The number of hydrogen-bond acceptors (Lipinski definition) is 3. The Morgan fingerprint density at radius 2 is 1.95 bits per heavy atom. The summed E-state index contributed by atoms with van der Waals surface area (Å²) in [4.78, 5) is 10.5. The summed E-state index contributed by atoms with van der Waals surface area (Å²) < 4.78 is 2.33. The van der Waals surface area contributed by atoms with Crippen molar-refractivity contribution in [2.45, 2.75) is 40.7 Å². The van der Waals surface area contributed by atoms with Crippen LogP contribution in [0.1, 0.15) is 31.5 Å². The van der Waals surface area contributed by atoms with E-state index >= 15 is 0 Å². The molecule has 0 radical (unpaired) electrons. The summed E-state index contributed by atoms with van der Waals surface area (Å²) >= 11 is 0. The van der Waals surface area contributed by atoms with Crippen LogP contribution in [0.3, 0.4) is 0 Å². The van der Waals surface area contributed by atoms with Gasteiger partial charge in [0.25, 0.3) is 0 Å². The number of quaternary nitrogens is 1. The third kappa shape index (κ3) is 3.58. The van der Waals surface area contributed by atoms with Gasteiger partial charge in [0.2, 0.25) is 0 Å². The molecule has 0 saturated carbocycles. The SMILES string of the molecule is Cc1c(C)n(CC(C)C)c2ncnc(NCCC[NH+](C)C)c12. The van der Waals surface area contributed by atoms with Gasteiger partial charge >= 0.3 is 0 Å². The Morgan fingerprint density at radius 1 is 1.23 bits per heavy atom. The largest absolute Gasteiger partial charge is 0.369 e. The van der Waals surface area contributed by atoms with Crippen LogP contribution in [0, 0.1) is 19.8 Å². The molecule has 0 spiro atoms. The minimum absolute atomic E-state index is 0.600. The lowest BCUT2D eigenvalue weighted by molar-refractivity contribution is -0.858. The summed E-state index contributed by atoms with van der Waals surface area (Å²) in [5.74, 6) is 1.57. The predicted molar refractivity (Wildman–Crippen MR) is 92.6 cm³/mol. The van der Waals surface area contributed by atoms with Crippen LogP contribution in [0.15, 0.2) is 6.33 Å². The maximum atomic E-state index is 4.54. The van der Waals surface area contributed by atoms with Crippen LogP contribution in [0.25, 0.3) is 11.0 Å². The summed E-state index contributed by atoms with van der Waals surface area (Å²) in [6.45, 7) is 11.9. The molecule has 0 aromatic carbocycles. The monoisotopic (exact) mass is 304 g/mol. The molecule has 122 valence electrons. The van der Waals surface area contributed by atoms with Crippen LogP contribution < -0.4 is 10.2 Å². The molecule has 0 bridgehead atoms. The molecule has 2 aromatic heterocycles. The molecule has 5 heteroatoms. The first-order valence-corrected chi connectivity index (χ1v) is 8.25. The second-order valence-corrected chi connectivity index (χ2v) is 6.87. The minimum Gasteiger partial charge on any atom is -0.369 e. The maximum Gasteiger partial charge on any atom is 0.145 e. The van der Waals surface area contributed by atoms with Gasteiger partial charge in [-0.05, 0) is 25.3 Å². The number of nitrogens with one attached hydrogen (secondary N) is 2. The van der Waals surface area contributed by atoms with Gasteiger partial charge in [-0.1, -0.05) is 13.8 Å². The lowest BCUT2D eigenvalue weighted by Gasteiger charge is -2.11. The molecule has 5 nitrogen and oxygen atoms in total. The highest BCUT2D eigenvalue weighted by atomic mass is 15.1. The lowest BCUT2D eigenvalue weighted by Crippen LogP contribution is -3.05. The van der Waals surface area contributed by atoms with Crippen LogP contribution in [0.2, 0.25) is 0 Å². The number of rotatable bonds is 7. The molecule has 0 aliphatic heterocycles. The van der Waals surface area contributed by atoms with Crippen LogP contribution >= 0.6 is 0 Å². The van der Waals surface area contributed by atoms with Gasteiger partial charge in [-0.2, -0.15) is 0 Å². The molecular formula is C17H30N5+. The second kappa shape index (κ2) is 7.09. The van der Waals surface area contributed by atoms with Crippen LogP contribution in [-0.4, -0.2) is 41.7 Å². The van der Waals surface area contributed by atoms with E-state index in [1.165, 1.54) is 21.5 Å². The average molecular weight is 304 g/mol. The first-order chi connectivity index (χ1) is 10.4. The molecule has 0 atom stereocenters. The molecule has 2 aromatic rings. The Morgan fingerprint density at radius 3 is 2.59 bits per heavy atom. The quantitative estimate of drug-likeness (QED) is 0.765. The lowest BCUT2D eigenvalue weighted by atomic mass is 10.2. The average Bonchev–Trinajstić information content (AvgIpc) is 2.69. The van der Waals surface area contributed by atoms with Gasteiger partial charge < -0.3 is 14.8 Å². The Bertz CT molecular complexity index is 628. The van der Waals surface area contributed by atoms with E-state index in [0.717, 1.165) is 37.5 Å². The van der Waals surface area contributed by atoms with Crippen molar-refractivity contribution in [2.24, 2.45) is 5.92 Å². The minimum atomic E-state index is 0.600. The second-order valence-electron chi connectivity index (χ2n) is 6.87. The molecule has 22 heavy (non-hydrogen) atoms. The van der Waals surface area contributed by atoms with Gasteiger partial charge in [0, 0.05) is 25.2 Å². The van der Waals surface area contributed by atoms with Crippen LogP contribution in [0.5, 0.6) is 0 Å². The first-order valence-electron chi connectivity index (χ1n) is 8.25. The van der Waals surface area contributed by atoms with E-state index in [2.05, 4.69) is 61.6 Å². The highest BCUT2D eigenvalue weighted by Gasteiger charge is 2.16. The zero-order valence-electron chi connectivity index (χ0n) is 14.8. The van der Waals surface area contributed by atoms with Crippen LogP contribution in [0.4, 0.5) is 5.82 Å². The molecule has 0 saturated heterocycles. The number of nitrogens with zero attached hydrogens (tertiary/aromatic N) is 3. The van der Waals surface area contributed by atoms with E-state index in [-0.39, 0.29) is 0 Å². The highest BCUT2D eigenvalue weighted by molar-refractivity contribution is 5.91. The number of fused-ring (bicyclic) bond motifs is 1. The van der Waals surface area contributed by atoms with Gasteiger partial charge in [-0.25, -0.2) is 9.97 Å². The molecule has 2 rings (SSSR count). The van der Waals surface area contributed by atoms with Crippen molar-refractivity contribution >= 4 is 16.9 Å². The fourth-order valence-electron chi connectivity index (χ4n) is 2.84. The van der Waals surface area contributed by atoms with E-state index in [9.17, 15) is 0 Å². The Kier molecular flexibility index (Phi) is 5.40. The zero-order chi connectivity index (χ0) is 16.3. The van der Waals surface area contributed by atoms with E-state index < -0.39 is 0 Å². The third-order valence-corrected chi connectivity index (χ3v) is 4.10. The first kappa shape index (κ1) is 16.7. The number of aromatic nitrogens is 3. The summed E-state index contributed by atoms with van der Waals surface area (Å²) in [5, 5.41) is 4.68. The smallest absolute Gasteiger partial charge is 0.145 e. The van der Waals surface area contributed by atoms with Crippen molar-refractivity contribution in [1.29, 1.82) is 0 Å². The number of aryl methyl sites for hydroxylation is 1. The normalized spacial score (nSPS) is 11.8. The maximum absolute atomic E-state index is 4.54. The van der Waals surface area contributed by atoms with Gasteiger partial charge in [0.05, 0.1) is 26.0 Å². The molecule has 2 heterocycles. The van der Waals surface area contributed by atoms with Crippen LogP contribution in [-0.2, 0) is 6.54 Å². The topological polar surface area (TPSA) is 47.2 Å². The van der Waals surface area contributed by atoms with E-state index in [4.69, 9.17) is 0 Å². The third-order valence-electron chi connectivity index (χ3n) is 4.10. The Balaban J connectivity index is 2.28. The van der Waals surface area contributed by atoms with E-state index in [1.54, 1.807) is 6.33 Å². The standard InChI is InChI=1S/C17H29N5/c1-12(2)10-22-14(4)13(3)15-16(19-11-20-17(15)22)18-8-7-9-21(5)6/h11-12H,7-10H2,1-6H3,(H,18,19,20)/p+1. The van der Waals surface area contributed by atoms with E-state index in [1.807, 2.05) is 0 Å². The van der Waals surface area contributed by atoms with Crippen molar-refractivity contribution < 1.29 is 4.90 Å². The Hall–Kier alpha value is -1.62. The molecular weight excluding hydrogens is 274 g/mol. The van der Waals surface area contributed by atoms with Gasteiger partial charge in [-0.15, -0.1) is 0 Å². The predicted octanol–water partition coefficient (Wildman–Crippen LogP) is 1.65. The Labute approximate surface area is 133 Å². The number of hydrogen-bond donors (Lipinski definition) is 2. The van der Waals surface area contributed by atoms with Crippen molar-refractivity contribution in [3.05, 3.63) is 17.6 Å². The highest BCUT2D eigenvalue weighted by Crippen LogP contribution is 2.29. The summed E-state index contributed by atoms with van der Waals surface area (Å²) in [6, 6.07) is 0. The molecule has 2 N–H and O–H groups in total. The van der Waals surface area contributed by atoms with Crippen molar-refractivity contribution in [2.75, 3.05) is 32.5 Å². The summed E-state index contributed by atoms with van der Waals surface area (Å²) in [6.07, 6.45) is 2.82. The zero-order valence-corrected chi connectivity index (χ0v) is 14.8. The number of anilines is 1. The van der Waals surface area contributed by atoms with Gasteiger partial charge in [-0.3, -0.25) is 0 Å². The molecule has 0 fully saturated rings. The van der Waals surface area contributed by atoms with Crippen molar-refractivity contribution in [1.82, 2.24) is 14.5 Å². The van der Waals surface area contributed by atoms with Gasteiger partial charge in [0.1, 0.15) is 17.8 Å². The molecule has 0 aliphatic carbocycles.